The van der Waals surface area contributed by atoms with E-state index in [0.717, 1.165) is 6.07 Å². The molecule has 2 aliphatic heterocycles. The molecule has 1 aromatic carbocycles. The number of carbonyl (C=O) groups excluding carboxylic acids is 1. The minimum atomic E-state index is -4.70. The molecule has 3 unspecified atom stereocenters. The van der Waals surface area contributed by atoms with Crippen LogP contribution in [0.5, 0.6) is 0 Å². The minimum absolute atomic E-state index is 0.0159. The number of halogens is 4. The van der Waals surface area contributed by atoms with Gasteiger partial charge >= 0.3 is 6.18 Å². The molecule has 4 rings (SSSR count). The Bertz CT molecular complexity index is 1040. The molecule has 2 aromatic rings. The monoisotopic (exact) mass is 439 g/mol. The van der Waals surface area contributed by atoms with Gasteiger partial charge in [0.05, 0.1) is 31.0 Å². The molecule has 164 valence electrons. The summed E-state index contributed by atoms with van der Waals surface area (Å²) < 4.78 is 65.2. The maximum Gasteiger partial charge on any atom is 0.415 e. The Morgan fingerprint density at radius 1 is 1.29 bits per heavy atom. The quantitative estimate of drug-likeness (QED) is 0.710. The lowest BCUT2D eigenvalue weighted by molar-refractivity contribution is -0.219. The first-order valence-electron chi connectivity index (χ1n) is 9.16. The fourth-order valence-corrected chi connectivity index (χ4v) is 3.74. The fraction of sp³-hybridized carbons (Fsp3) is 0.368. The zero-order chi connectivity index (χ0) is 22.4. The average molecular weight is 439 g/mol. The van der Waals surface area contributed by atoms with Crippen LogP contribution in [0, 0.1) is 18.7 Å². The molecule has 31 heavy (non-hydrogen) atoms. The Morgan fingerprint density at radius 3 is 2.74 bits per heavy atom. The summed E-state index contributed by atoms with van der Waals surface area (Å²) in [6.07, 6.45) is -4.23. The normalized spacial score (nSPS) is 25.4. The number of ether oxygens (including phenoxy) is 2. The molecule has 0 spiro atoms. The number of amides is 1. The number of alkyl halides is 3. The number of benzene rings is 1. The highest BCUT2D eigenvalue weighted by molar-refractivity contribution is 6.02. The topological polar surface area (TPSA) is 112 Å². The third-order valence-electron chi connectivity index (χ3n) is 5.21. The summed E-state index contributed by atoms with van der Waals surface area (Å²) in [5.41, 5.74) is 4.42. The molecule has 3 atom stereocenters. The number of aliphatic imine (C=N–C) groups is 1. The third-order valence-corrected chi connectivity index (χ3v) is 5.21. The van der Waals surface area contributed by atoms with E-state index in [4.69, 9.17) is 15.2 Å². The number of anilines is 1. The number of carbonyl (C=O) groups is 1. The van der Waals surface area contributed by atoms with Crippen LogP contribution in [0.15, 0.2) is 35.6 Å². The van der Waals surface area contributed by atoms with E-state index < -0.39 is 48.7 Å². The van der Waals surface area contributed by atoms with Crippen molar-refractivity contribution in [2.75, 3.05) is 18.5 Å². The van der Waals surface area contributed by atoms with Crippen molar-refractivity contribution in [3.8, 4) is 0 Å². The van der Waals surface area contributed by atoms with Gasteiger partial charge in [-0.1, -0.05) is 0 Å². The smallest absolute Gasteiger partial charge is 0.415 e. The predicted octanol–water partition coefficient (Wildman–Crippen LogP) is 2.29. The highest BCUT2D eigenvalue weighted by atomic mass is 19.4. The van der Waals surface area contributed by atoms with Crippen LogP contribution in [0.2, 0.25) is 0 Å². The van der Waals surface area contributed by atoms with Crippen LogP contribution in [0.3, 0.4) is 0 Å². The second-order valence-electron chi connectivity index (χ2n) is 7.26. The van der Waals surface area contributed by atoms with Crippen molar-refractivity contribution in [2.24, 2.45) is 16.6 Å². The molecule has 0 bridgehead atoms. The molecule has 0 radical (unpaired) electrons. The van der Waals surface area contributed by atoms with E-state index >= 15 is 0 Å². The van der Waals surface area contributed by atoms with Crippen molar-refractivity contribution in [3.63, 3.8) is 0 Å². The van der Waals surface area contributed by atoms with Crippen molar-refractivity contribution >= 4 is 17.6 Å². The molecule has 12 heteroatoms. The second kappa shape index (κ2) is 7.45. The van der Waals surface area contributed by atoms with Gasteiger partial charge in [0.15, 0.2) is 6.10 Å². The standard InChI is InChI=1S/C19H17F4N5O3/c1-9-5-26-14(6-25-9)16(29)27-10-2-3-13(20)11(4-10)18-8-31-15(19(21,22)23)12(18)7-30-17(24)28-18/h2-6,12,15H,7-8H2,1H3,(H2,24,28)(H,27,29). The molecule has 0 aliphatic carbocycles. The van der Waals surface area contributed by atoms with Gasteiger partial charge in [-0.05, 0) is 25.1 Å². The highest BCUT2D eigenvalue weighted by Crippen LogP contribution is 2.50. The van der Waals surface area contributed by atoms with Crippen LogP contribution in [0.1, 0.15) is 21.7 Å². The van der Waals surface area contributed by atoms with Gasteiger partial charge < -0.3 is 20.5 Å². The first kappa shape index (κ1) is 21.0. The molecule has 0 saturated carbocycles. The van der Waals surface area contributed by atoms with Gasteiger partial charge in [-0.25, -0.2) is 14.4 Å². The molecule has 2 aliphatic rings. The molecule has 8 nitrogen and oxygen atoms in total. The molecule has 1 amide bonds. The number of nitrogens with two attached hydrogens (primary N) is 1. The molecule has 1 saturated heterocycles. The maximum absolute atomic E-state index is 14.8. The Balaban J connectivity index is 1.71. The lowest BCUT2D eigenvalue weighted by Crippen LogP contribution is -2.48. The molecule has 1 fully saturated rings. The second-order valence-corrected chi connectivity index (χ2v) is 7.26. The Kier molecular flexibility index (Phi) is 5.04. The van der Waals surface area contributed by atoms with Crippen LogP contribution in [-0.4, -0.2) is 47.4 Å². The number of fused-ring (bicyclic) bond motifs is 1. The summed E-state index contributed by atoms with van der Waals surface area (Å²) in [4.78, 5) is 24.4. The largest absolute Gasteiger partial charge is 0.465 e. The SMILES string of the molecule is Cc1cnc(C(=O)Nc2ccc(F)c(C34COC(C(F)(F)F)C3COC(N)=N4)c2)cn1. The van der Waals surface area contributed by atoms with E-state index in [9.17, 15) is 22.4 Å². The summed E-state index contributed by atoms with van der Waals surface area (Å²) in [5, 5.41) is 2.53. The Hall–Kier alpha value is -3.28. The van der Waals surface area contributed by atoms with Crippen molar-refractivity contribution in [1.82, 2.24) is 9.97 Å². The summed E-state index contributed by atoms with van der Waals surface area (Å²) in [5.74, 6) is -2.80. The first-order chi connectivity index (χ1) is 14.6. The summed E-state index contributed by atoms with van der Waals surface area (Å²) in [7, 11) is 0. The van der Waals surface area contributed by atoms with E-state index in [1.165, 1.54) is 24.5 Å². The Labute approximate surface area is 173 Å². The molecule has 3 N–H and O–H groups in total. The van der Waals surface area contributed by atoms with E-state index in [2.05, 4.69) is 20.3 Å². The lowest BCUT2D eigenvalue weighted by atomic mass is 9.77. The fourth-order valence-electron chi connectivity index (χ4n) is 3.74. The van der Waals surface area contributed by atoms with Gasteiger partial charge in [0.25, 0.3) is 11.9 Å². The van der Waals surface area contributed by atoms with Crippen LogP contribution in [0.4, 0.5) is 23.2 Å². The van der Waals surface area contributed by atoms with E-state index in [1.54, 1.807) is 6.92 Å². The lowest BCUT2D eigenvalue weighted by Gasteiger charge is -2.36. The van der Waals surface area contributed by atoms with Crippen molar-refractivity contribution in [1.29, 1.82) is 0 Å². The number of hydrogen-bond acceptors (Lipinski definition) is 7. The number of nitrogens with one attached hydrogen (secondary N) is 1. The highest BCUT2D eigenvalue weighted by Gasteiger charge is 2.62. The molecule has 3 heterocycles. The number of aromatic nitrogens is 2. The first-order valence-corrected chi connectivity index (χ1v) is 9.16. The van der Waals surface area contributed by atoms with Crippen molar-refractivity contribution < 1.29 is 31.8 Å². The zero-order valence-electron chi connectivity index (χ0n) is 16.1. The number of aryl methyl sites for hydroxylation is 1. The van der Waals surface area contributed by atoms with Crippen molar-refractivity contribution in [2.45, 2.75) is 24.7 Å². The van der Waals surface area contributed by atoms with E-state index in [1.807, 2.05) is 0 Å². The van der Waals surface area contributed by atoms with E-state index in [0.29, 0.717) is 5.69 Å². The van der Waals surface area contributed by atoms with Crippen molar-refractivity contribution in [3.05, 3.63) is 53.4 Å². The van der Waals surface area contributed by atoms with Crippen LogP contribution < -0.4 is 11.1 Å². The minimum Gasteiger partial charge on any atom is -0.465 e. The predicted molar refractivity (Wildman–Crippen MR) is 99.7 cm³/mol. The molecular formula is C19H17F4N5O3. The third kappa shape index (κ3) is 3.78. The summed E-state index contributed by atoms with van der Waals surface area (Å²) in [6, 6.07) is 3.14. The van der Waals surface area contributed by atoms with Gasteiger partial charge in [0.2, 0.25) is 0 Å². The van der Waals surface area contributed by atoms with Crippen LogP contribution in [0.25, 0.3) is 0 Å². The summed E-state index contributed by atoms with van der Waals surface area (Å²) >= 11 is 0. The van der Waals surface area contributed by atoms with Gasteiger partial charge in [-0.15, -0.1) is 0 Å². The van der Waals surface area contributed by atoms with E-state index in [-0.39, 0.29) is 23.0 Å². The number of amidine groups is 1. The maximum atomic E-state index is 14.8. The number of hydrogen-bond donors (Lipinski definition) is 2. The van der Waals surface area contributed by atoms with Gasteiger partial charge in [0.1, 0.15) is 17.1 Å². The number of rotatable bonds is 3. The molecular weight excluding hydrogens is 422 g/mol. The van der Waals surface area contributed by atoms with Crippen LogP contribution >= 0.6 is 0 Å². The van der Waals surface area contributed by atoms with Gasteiger partial charge in [0, 0.05) is 17.4 Å². The summed E-state index contributed by atoms with van der Waals surface area (Å²) in [6.45, 7) is 0.701. The average Bonchev–Trinajstić information content (AvgIpc) is 3.09. The zero-order valence-corrected chi connectivity index (χ0v) is 16.1. The Morgan fingerprint density at radius 2 is 2.06 bits per heavy atom. The number of nitrogens with zero attached hydrogens (tertiary/aromatic N) is 3. The van der Waals surface area contributed by atoms with Crippen LogP contribution in [-0.2, 0) is 15.0 Å². The molecule has 1 aromatic heterocycles. The van der Waals surface area contributed by atoms with Gasteiger partial charge in [-0.3, -0.25) is 9.78 Å². The van der Waals surface area contributed by atoms with Gasteiger partial charge in [-0.2, -0.15) is 13.2 Å².